The molecule has 1 aromatic carbocycles. The normalized spacial score (nSPS) is 17.2. The number of rotatable bonds is 8. The zero-order valence-corrected chi connectivity index (χ0v) is 22.8. The molecule has 1 saturated heterocycles. The highest BCUT2D eigenvalue weighted by Crippen LogP contribution is 2.41. The van der Waals surface area contributed by atoms with Crippen molar-refractivity contribution in [3.63, 3.8) is 0 Å². The highest BCUT2D eigenvalue weighted by molar-refractivity contribution is 7.80. The van der Waals surface area contributed by atoms with E-state index >= 15 is 0 Å². The number of aromatic nitrogens is 3. The van der Waals surface area contributed by atoms with Crippen LogP contribution in [0.2, 0.25) is 0 Å². The summed E-state index contributed by atoms with van der Waals surface area (Å²) in [4.78, 5) is 24.3. The smallest absolute Gasteiger partial charge is 0.226 e. The Bertz CT molecular complexity index is 1400. The predicted molar refractivity (Wildman–Crippen MR) is 152 cm³/mol. The van der Waals surface area contributed by atoms with Gasteiger partial charge in [-0.3, -0.25) is 14.3 Å². The van der Waals surface area contributed by atoms with Crippen LogP contribution in [-0.4, -0.2) is 37.0 Å². The fourth-order valence-electron chi connectivity index (χ4n) is 5.08. The van der Waals surface area contributed by atoms with E-state index < -0.39 is 0 Å². The zero-order valence-electron chi connectivity index (χ0n) is 21.1. The van der Waals surface area contributed by atoms with Crippen LogP contribution in [0.25, 0.3) is 5.13 Å². The molecule has 1 fully saturated rings. The summed E-state index contributed by atoms with van der Waals surface area (Å²) in [7, 11) is 0. The number of hydrogen-bond acceptors (Lipinski definition) is 5. The van der Waals surface area contributed by atoms with E-state index in [1.54, 1.807) is 17.5 Å². The second-order valence-corrected chi connectivity index (χ2v) is 10.4. The number of amides is 1. The number of thiocarbonyl (C=S) groups is 1. The van der Waals surface area contributed by atoms with Gasteiger partial charge in [-0.2, -0.15) is 0 Å². The van der Waals surface area contributed by atoms with Gasteiger partial charge < -0.3 is 15.5 Å². The van der Waals surface area contributed by atoms with E-state index in [1.165, 1.54) is 0 Å². The van der Waals surface area contributed by atoms with Gasteiger partial charge in [0, 0.05) is 47.8 Å². The van der Waals surface area contributed by atoms with Crippen LogP contribution < -0.4 is 10.6 Å². The van der Waals surface area contributed by atoms with Gasteiger partial charge in [0.05, 0.1) is 17.8 Å². The molecular formula is C28H30N6OS2. The van der Waals surface area contributed by atoms with Gasteiger partial charge in [0.2, 0.25) is 5.91 Å². The lowest BCUT2D eigenvalue weighted by atomic mass is 9.96. The highest BCUT2D eigenvalue weighted by Gasteiger charge is 2.41. The maximum Gasteiger partial charge on any atom is 0.226 e. The third kappa shape index (κ3) is 5.01. The van der Waals surface area contributed by atoms with Crippen LogP contribution in [0.3, 0.4) is 0 Å². The number of para-hydroxylation sites is 1. The first-order valence-corrected chi connectivity index (χ1v) is 13.7. The molecule has 1 aliphatic heterocycles. The van der Waals surface area contributed by atoms with Crippen molar-refractivity contribution in [1.82, 2.24) is 24.8 Å². The highest BCUT2D eigenvalue weighted by atomic mass is 32.1. The lowest BCUT2D eigenvalue weighted by molar-refractivity contribution is -0.116. The number of anilines is 1. The third-order valence-electron chi connectivity index (χ3n) is 6.85. The molecule has 4 heterocycles. The van der Waals surface area contributed by atoms with E-state index in [1.807, 2.05) is 54.0 Å². The number of benzene rings is 1. The zero-order chi connectivity index (χ0) is 25.9. The molecule has 3 aromatic heterocycles. The van der Waals surface area contributed by atoms with Crippen molar-refractivity contribution in [2.24, 2.45) is 0 Å². The summed E-state index contributed by atoms with van der Waals surface area (Å²) < 4.78 is 2.18. The van der Waals surface area contributed by atoms with Gasteiger partial charge in [-0.25, -0.2) is 4.98 Å². The minimum atomic E-state index is -0.136. The Hall–Kier alpha value is -3.56. The van der Waals surface area contributed by atoms with Crippen molar-refractivity contribution >= 4 is 40.3 Å². The number of thiazole rings is 1. The van der Waals surface area contributed by atoms with E-state index in [2.05, 4.69) is 56.9 Å². The van der Waals surface area contributed by atoms with Gasteiger partial charge in [-0.15, -0.1) is 11.3 Å². The molecule has 1 amide bonds. The first-order chi connectivity index (χ1) is 18.0. The molecule has 0 spiro atoms. The summed E-state index contributed by atoms with van der Waals surface area (Å²) in [5.41, 5.74) is 6.26. The van der Waals surface area contributed by atoms with Crippen LogP contribution >= 0.6 is 23.6 Å². The van der Waals surface area contributed by atoms with Crippen LogP contribution in [-0.2, 0) is 11.2 Å². The molecule has 9 heteroatoms. The van der Waals surface area contributed by atoms with Gasteiger partial charge in [0.1, 0.15) is 0 Å². The van der Waals surface area contributed by atoms with Crippen molar-refractivity contribution in [1.29, 1.82) is 0 Å². The van der Waals surface area contributed by atoms with Gasteiger partial charge in [0.15, 0.2) is 10.2 Å². The lowest BCUT2D eigenvalue weighted by Crippen LogP contribution is -2.33. The molecular weight excluding hydrogens is 500 g/mol. The average molecular weight is 531 g/mol. The molecule has 0 radical (unpaired) electrons. The maximum atomic E-state index is 13.0. The quantitative estimate of drug-likeness (QED) is 0.293. The Labute approximate surface area is 226 Å². The molecule has 0 aliphatic carbocycles. The molecule has 37 heavy (non-hydrogen) atoms. The van der Waals surface area contributed by atoms with E-state index in [9.17, 15) is 4.79 Å². The van der Waals surface area contributed by atoms with E-state index in [-0.39, 0.29) is 18.0 Å². The molecule has 2 N–H and O–H groups in total. The second kappa shape index (κ2) is 10.8. The SMILES string of the molecule is CCc1ccccc1NC(=O)CCN1C(=S)NC(c2ccccn2)C1c1cc(C)n(-c2nccs2)c1C. The summed E-state index contributed by atoms with van der Waals surface area (Å²) >= 11 is 7.43. The van der Waals surface area contributed by atoms with Gasteiger partial charge in [-0.05, 0) is 67.9 Å². The summed E-state index contributed by atoms with van der Waals surface area (Å²) in [5.74, 6) is -0.0306. The van der Waals surface area contributed by atoms with Crippen LogP contribution in [0, 0.1) is 13.8 Å². The molecule has 1 aliphatic rings. The molecule has 5 rings (SSSR count). The number of aryl methyl sites for hydroxylation is 2. The summed E-state index contributed by atoms with van der Waals surface area (Å²) in [5, 5.41) is 10.1. The molecule has 190 valence electrons. The second-order valence-electron chi connectivity index (χ2n) is 9.11. The van der Waals surface area contributed by atoms with E-state index in [0.717, 1.165) is 45.4 Å². The van der Waals surface area contributed by atoms with Crippen LogP contribution in [0.1, 0.15) is 53.6 Å². The van der Waals surface area contributed by atoms with Crippen molar-refractivity contribution in [3.05, 3.63) is 94.5 Å². The van der Waals surface area contributed by atoms with Crippen LogP contribution in [0.4, 0.5) is 5.69 Å². The first kappa shape index (κ1) is 25.1. The van der Waals surface area contributed by atoms with Crippen molar-refractivity contribution in [2.45, 2.75) is 45.7 Å². The summed E-state index contributed by atoms with van der Waals surface area (Å²) in [6.07, 6.45) is 4.80. The summed E-state index contributed by atoms with van der Waals surface area (Å²) in [6.45, 7) is 6.79. The third-order valence-corrected chi connectivity index (χ3v) is 7.96. The molecule has 2 unspecified atom stereocenters. The Morgan fingerprint density at radius 3 is 2.68 bits per heavy atom. The fraction of sp³-hybridized carbons (Fsp3) is 0.286. The van der Waals surface area contributed by atoms with Crippen molar-refractivity contribution in [2.75, 3.05) is 11.9 Å². The molecule has 0 saturated carbocycles. The van der Waals surface area contributed by atoms with E-state index in [0.29, 0.717) is 18.1 Å². The van der Waals surface area contributed by atoms with Gasteiger partial charge in [-0.1, -0.05) is 31.2 Å². The summed E-state index contributed by atoms with van der Waals surface area (Å²) in [6, 6.07) is 15.8. The number of hydrogen-bond donors (Lipinski definition) is 2. The monoisotopic (exact) mass is 530 g/mol. The number of carbonyl (C=O) groups is 1. The number of pyridine rings is 1. The Balaban J connectivity index is 1.44. The standard InChI is InChI=1S/C28H30N6OS2/c1-4-20-9-5-6-10-22(20)31-24(35)12-15-33-26(25(32-27(33)36)23-11-7-8-13-29-23)21-17-18(2)34(19(21)3)28-30-14-16-37-28/h5-11,13-14,16-17,25-26H,4,12,15H2,1-3H3,(H,31,35)(H,32,36). The number of carbonyl (C=O) groups excluding carboxylic acids is 1. The fourth-order valence-corrected chi connectivity index (χ4v) is 6.16. The Morgan fingerprint density at radius 2 is 1.95 bits per heavy atom. The maximum absolute atomic E-state index is 13.0. The lowest BCUT2D eigenvalue weighted by Gasteiger charge is -2.28. The average Bonchev–Trinajstić information content (AvgIpc) is 3.61. The molecule has 7 nitrogen and oxygen atoms in total. The first-order valence-electron chi connectivity index (χ1n) is 12.4. The van der Waals surface area contributed by atoms with Gasteiger partial charge in [0.25, 0.3) is 0 Å². The van der Waals surface area contributed by atoms with Crippen molar-refractivity contribution < 1.29 is 4.79 Å². The Morgan fingerprint density at radius 1 is 1.14 bits per heavy atom. The van der Waals surface area contributed by atoms with Crippen LogP contribution in [0.15, 0.2) is 66.3 Å². The number of nitrogens with one attached hydrogen (secondary N) is 2. The minimum absolute atomic E-state index is 0.0306. The predicted octanol–water partition coefficient (Wildman–Crippen LogP) is 5.51. The number of nitrogens with zero attached hydrogens (tertiary/aromatic N) is 4. The largest absolute Gasteiger partial charge is 0.352 e. The minimum Gasteiger partial charge on any atom is -0.352 e. The van der Waals surface area contributed by atoms with Gasteiger partial charge >= 0.3 is 0 Å². The van der Waals surface area contributed by atoms with Crippen LogP contribution in [0.5, 0.6) is 0 Å². The molecule has 0 bridgehead atoms. The van der Waals surface area contributed by atoms with Crippen molar-refractivity contribution in [3.8, 4) is 5.13 Å². The Kier molecular flexibility index (Phi) is 7.34. The molecule has 2 atom stereocenters. The molecule has 4 aromatic rings. The van der Waals surface area contributed by atoms with E-state index in [4.69, 9.17) is 12.2 Å². The topological polar surface area (TPSA) is 75.1 Å².